The molecule has 1 heterocycles. The van der Waals surface area contributed by atoms with E-state index < -0.39 is 4.92 Å². The number of anilines is 1. The first-order valence-electron chi connectivity index (χ1n) is 4.98. The van der Waals surface area contributed by atoms with Gasteiger partial charge in [-0.15, -0.1) is 0 Å². The number of nitrogens with zero attached hydrogens (tertiary/aromatic N) is 3. The van der Waals surface area contributed by atoms with E-state index in [2.05, 4.69) is 20.3 Å². The quantitative estimate of drug-likeness (QED) is 0.452. The third-order valence-electron chi connectivity index (χ3n) is 2.24. The van der Waals surface area contributed by atoms with Crippen LogP contribution < -0.4 is 5.32 Å². The highest BCUT2D eigenvalue weighted by atomic mass is 16.6. The van der Waals surface area contributed by atoms with Crippen LogP contribution in [0.5, 0.6) is 0 Å². The molecule has 2 N–H and O–H groups in total. The van der Waals surface area contributed by atoms with Gasteiger partial charge < -0.3 is 10.4 Å². The Morgan fingerprint density at radius 2 is 2.18 bits per heavy atom. The van der Waals surface area contributed by atoms with Crippen molar-refractivity contribution in [3.05, 3.63) is 22.2 Å². The van der Waals surface area contributed by atoms with Gasteiger partial charge in [0.15, 0.2) is 5.52 Å². The maximum Gasteiger partial charge on any atom is 0.300 e. The first-order valence-corrected chi connectivity index (χ1v) is 4.98. The summed E-state index contributed by atoms with van der Waals surface area (Å²) in [6.45, 7) is 0.608. The number of nitrogens with one attached hydrogen (secondary N) is 1. The Morgan fingerprint density at radius 3 is 2.88 bits per heavy atom. The van der Waals surface area contributed by atoms with Crippen LogP contribution in [-0.2, 0) is 0 Å². The number of rotatable bonds is 5. The van der Waals surface area contributed by atoms with Crippen LogP contribution in [-0.4, -0.2) is 33.5 Å². The van der Waals surface area contributed by atoms with E-state index in [0.717, 1.165) is 0 Å². The van der Waals surface area contributed by atoms with E-state index in [-0.39, 0.29) is 17.8 Å². The number of hydrogen-bond donors (Lipinski definition) is 2. The second-order valence-corrected chi connectivity index (χ2v) is 3.35. The van der Waals surface area contributed by atoms with E-state index in [1.807, 2.05) is 0 Å². The van der Waals surface area contributed by atoms with E-state index in [0.29, 0.717) is 24.2 Å². The van der Waals surface area contributed by atoms with E-state index >= 15 is 0 Å². The predicted molar refractivity (Wildman–Crippen MR) is 58.7 cm³/mol. The van der Waals surface area contributed by atoms with Gasteiger partial charge in [-0.05, 0) is 22.8 Å². The molecule has 0 spiro atoms. The lowest BCUT2D eigenvalue weighted by Crippen LogP contribution is -2.04. The Morgan fingerprint density at radius 1 is 1.41 bits per heavy atom. The molecule has 0 bridgehead atoms. The Hall–Kier alpha value is -2.22. The first-order chi connectivity index (χ1) is 8.24. The van der Waals surface area contributed by atoms with E-state index in [1.54, 1.807) is 6.07 Å². The van der Waals surface area contributed by atoms with Gasteiger partial charge in [-0.2, -0.15) is 0 Å². The summed E-state index contributed by atoms with van der Waals surface area (Å²) in [6.07, 6.45) is 0.573. The molecule has 0 fully saturated rings. The predicted octanol–water partition coefficient (Wildman–Crippen LogP) is 0.925. The minimum absolute atomic E-state index is 0.0696. The van der Waals surface area contributed by atoms with Crippen LogP contribution in [0.3, 0.4) is 0 Å². The summed E-state index contributed by atoms with van der Waals surface area (Å²) in [4.78, 5) is 10.2. The Labute approximate surface area is 95.3 Å². The fourth-order valence-electron chi connectivity index (χ4n) is 1.45. The lowest BCUT2D eigenvalue weighted by Gasteiger charge is -2.04. The van der Waals surface area contributed by atoms with E-state index in [1.165, 1.54) is 6.07 Å². The third kappa shape index (κ3) is 2.16. The van der Waals surface area contributed by atoms with Gasteiger partial charge in [0, 0.05) is 19.2 Å². The number of aliphatic hydroxyl groups is 1. The summed E-state index contributed by atoms with van der Waals surface area (Å²) >= 11 is 0. The number of aliphatic hydroxyl groups excluding tert-OH is 1. The van der Waals surface area contributed by atoms with Crippen molar-refractivity contribution < 1.29 is 14.7 Å². The highest BCUT2D eigenvalue weighted by Crippen LogP contribution is 2.28. The molecular formula is C9H10N4O4. The van der Waals surface area contributed by atoms with Crippen LogP contribution in [0.15, 0.2) is 16.8 Å². The Bertz CT molecular complexity index is 539. The van der Waals surface area contributed by atoms with Crippen molar-refractivity contribution in [2.24, 2.45) is 0 Å². The van der Waals surface area contributed by atoms with Gasteiger partial charge in [0.2, 0.25) is 5.52 Å². The molecule has 17 heavy (non-hydrogen) atoms. The second-order valence-electron chi connectivity index (χ2n) is 3.35. The molecule has 0 amide bonds. The number of non-ortho nitro benzene ring substituents is 1. The van der Waals surface area contributed by atoms with Gasteiger partial charge in [-0.1, -0.05) is 0 Å². The molecule has 2 aromatic rings. The summed E-state index contributed by atoms with van der Waals surface area (Å²) in [7, 11) is 0. The molecule has 8 heteroatoms. The maximum absolute atomic E-state index is 10.7. The molecule has 2 rings (SSSR count). The summed E-state index contributed by atoms with van der Waals surface area (Å²) < 4.78 is 4.51. The molecule has 0 saturated heterocycles. The fourth-order valence-corrected chi connectivity index (χ4v) is 1.45. The van der Waals surface area contributed by atoms with Gasteiger partial charge in [0.05, 0.1) is 10.6 Å². The Balaban J connectivity index is 2.36. The molecule has 8 nitrogen and oxygen atoms in total. The molecule has 0 aliphatic heterocycles. The van der Waals surface area contributed by atoms with Crippen LogP contribution in [0, 0.1) is 10.1 Å². The lowest BCUT2D eigenvalue weighted by molar-refractivity contribution is -0.383. The van der Waals surface area contributed by atoms with Crippen molar-refractivity contribution in [2.75, 3.05) is 18.5 Å². The second kappa shape index (κ2) is 4.74. The van der Waals surface area contributed by atoms with Crippen molar-refractivity contribution >= 4 is 22.4 Å². The average molecular weight is 238 g/mol. The summed E-state index contributed by atoms with van der Waals surface area (Å²) in [6, 6.07) is 2.88. The van der Waals surface area contributed by atoms with Crippen molar-refractivity contribution in [3.8, 4) is 0 Å². The molecule has 1 aromatic carbocycles. The van der Waals surface area contributed by atoms with Crippen LogP contribution in [0.1, 0.15) is 6.42 Å². The number of nitro benzene ring substituents is 1. The maximum atomic E-state index is 10.7. The third-order valence-corrected chi connectivity index (χ3v) is 2.24. The zero-order valence-corrected chi connectivity index (χ0v) is 8.79. The van der Waals surface area contributed by atoms with Gasteiger partial charge in [-0.3, -0.25) is 10.1 Å². The van der Waals surface area contributed by atoms with Crippen LogP contribution in [0.25, 0.3) is 11.0 Å². The number of benzene rings is 1. The van der Waals surface area contributed by atoms with Crippen LogP contribution in [0.2, 0.25) is 0 Å². The molecule has 0 atom stereocenters. The molecule has 90 valence electrons. The van der Waals surface area contributed by atoms with E-state index in [9.17, 15) is 10.1 Å². The monoisotopic (exact) mass is 238 g/mol. The number of aromatic nitrogens is 2. The standard InChI is InChI=1S/C9H10N4O4/c14-5-1-4-10-6-2-3-7(13(15)16)9-8(6)11-17-12-9/h2-3,10,14H,1,4-5H2. The van der Waals surface area contributed by atoms with E-state index in [4.69, 9.17) is 5.11 Å². The highest BCUT2D eigenvalue weighted by Gasteiger charge is 2.19. The summed E-state index contributed by atoms with van der Waals surface area (Å²) in [5, 5.41) is 29.5. The number of fused-ring (bicyclic) bond motifs is 1. The van der Waals surface area contributed by atoms with Crippen molar-refractivity contribution in [1.29, 1.82) is 0 Å². The van der Waals surface area contributed by atoms with Crippen molar-refractivity contribution in [1.82, 2.24) is 10.3 Å². The first kappa shape index (κ1) is 11.3. The molecular weight excluding hydrogens is 228 g/mol. The summed E-state index contributed by atoms with van der Waals surface area (Å²) in [5.74, 6) is 0. The zero-order valence-electron chi connectivity index (χ0n) is 8.79. The average Bonchev–Trinajstić information content (AvgIpc) is 2.78. The molecule has 0 aliphatic carbocycles. The number of nitro groups is 1. The van der Waals surface area contributed by atoms with Crippen LogP contribution in [0.4, 0.5) is 11.4 Å². The smallest absolute Gasteiger partial charge is 0.300 e. The molecule has 0 radical (unpaired) electrons. The minimum Gasteiger partial charge on any atom is -0.396 e. The number of hydrogen-bond acceptors (Lipinski definition) is 7. The Kier molecular flexibility index (Phi) is 3.15. The normalized spacial score (nSPS) is 10.6. The lowest BCUT2D eigenvalue weighted by atomic mass is 10.2. The fraction of sp³-hybridized carbons (Fsp3) is 0.333. The minimum atomic E-state index is -0.538. The SMILES string of the molecule is O=[N+]([O-])c1ccc(NCCCO)c2nonc12. The molecule has 0 unspecified atom stereocenters. The van der Waals surface area contributed by atoms with Crippen molar-refractivity contribution in [2.45, 2.75) is 6.42 Å². The zero-order chi connectivity index (χ0) is 12.3. The van der Waals surface area contributed by atoms with Crippen molar-refractivity contribution in [3.63, 3.8) is 0 Å². The summed E-state index contributed by atoms with van der Waals surface area (Å²) in [5.41, 5.74) is 0.885. The molecule has 1 aromatic heterocycles. The van der Waals surface area contributed by atoms with Gasteiger partial charge in [-0.25, -0.2) is 4.63 Å². The molecule has 0 saturated carbocycles. The highest BCUT2D eigenvalue weighted by molar-refractivity contribution is 5.93. The van der Waals surface area contributed by atoms with Gasteiger partial charge >= 0.3 is 5.69 Å². The topological polar surface area (TPSA) is 114 Å². The largest absolute Gasteiger partial charge is 0.396 e. The van der Waals surface area contributed by atoms with Gasteiger partial charge in [0.1, 0.15) is 0 Å². The van der Waals surface area contributed by atoms with Crippen LogP contribution >= 0.6 is 0 Å². The van der Waals surface area contributed by atoms with Gasteiger partial charge in [0.25, 0.3) is 0 Å². The molecule has 0 aliphatic rings.